The second kappa shape index (κ2) is 7.13. The molecule has 3 rings (SSSR count). The first-order valence-electron chi connectivity index (χ1n) is 7.86. The summed E-state index contributed by atoms with van der Waals surface area (Å²) in [4.78, 5) is 16.8. The minimum Gasteiger partial charge on any atom is -0.490 e. The Morgan fingerprint density at radius 1 is 1.00 bits per heavy atom. The van der Waals surface area contributed by atoms with E-state index in [0.717, 1.165) is 27.9 Å². The predicted molar refractivity (Wildman–Crippen MR) is 93.4 cm³/mol. The summed E-state index contributed by atoms with van der Waals surface area (Å²) in [5.41, 5.74) is 3.24. The first-order chi connectivity index (χ1) is 11.6. The number of aryl methyl sites for hydroxylation is 2. The molecule has 0 spiro atoms. The highest BCUT2D eigenvalue weighted by molar-refractivity contribution is 6.03. The van der Waals surface area contributed by atoms with Crippen molar-refractivity contribution in [2.24, 2.45) is 0 Å². The number of para-hydroxylation sites is 1. The van der Waals surface area contributed by atoms with Crippen LogP contribution < -0.4 is 4.74 Å². The van der Waals surface area contributed by atoms with Gasteiger partial charge in [-0.15, -0.1) is 0 Å². The molecule has 122 valence electrons. The van der Waals surface area contributed by atoms with Crippen LogP contribution >= 0.6 is 0 Å². The van der Waals surface area contributed by atoms with Crippen LogP contribution in [-0.4, -0.2) is 24.2 Å². The van der Waals surface area contributed by atoms with Crippen LogP contribution in [0.3, 0.4) is 0 Å². The molecular weight excluding hydrogens is 302 g/mol. The second-order valence-corrected chi connectivity index (χ2v) is 5.63. The summed E-state index contributed by atoms with van der Waals surface area (Å²) in [6.07, 6.45) is 0. The molecule has 4 heteroatoms. The highest BCUT2D eigenvalue weighted by Crippen LogP contribution is 2.19. The average Bonchev–Trinajstić information content (AvgIpc) is 2.58. The number of fused-ring (bicyclic) bond motifs is 1. The lowest BCUT2D eigenvalue weighted by Crippen LogP contribution is -2.13. The third kappa shape index (κ3) is 3.71. The molecule has 1 aromatic heterocycles. The number of pyridine rings is 1. The number of nitrogens with zero attached hydrogens (tertiary/aromatic N) is 1. The van der Waals surface area contributed by atoms with E-state index >= 15 is 0 Å². The van der Waals surface area contributed by atoms with Gasteiger partial charge in [-0.1, -0.05) is 30.3 Å². The second-order valence-electron chi connectivity index (χ2n) is 5.63. The molecule has 0 unspecified atom stereocenters. The molecule has 0 saturated carbocycles. The Hall–Kier alpha value is -2.88. The van der Waals surface area contributed by atoms with Crippen molar-refractivity contribution in [3.8, 4) is 5.75 Å². The van der Waals surface area contributed by atoms with E-state index < -0.39 is 0 Å². The first kappa shape index (κ1) is 16.0. The van der Waals surface area contributed by atoms with Crippen LogP contribution in [0.4, 0.5) is 0 Å². The van der Waals surface area contributed by atoms with Crippen molar-refractivity contribution < 1.29 is 14.3 Å². The van der Waals surface area contributed by atoms with E-state index in [-0.39, 0.29) is 12.6 Å². The summed E-state index contributed by atoms with van der Waals surface area (Å²) >= 11 is 0. The van der Waals surface area contributed by atoms with Gasteiger partial charge in [-0.05, 0) is 43.7 Å². The SMILES string of the molecule is Cc1cccc(OCCOC(=O)c2cc(C)nc3ccccc23)c1. The molecule has 0 aliphatic carbocycles. The number of carbonyl (C=O) groups excluding carboxylic acids is 1. The normalized spacial score (nSPS) is 10.6. The van der Waals surface area contributed by atoms with E-state index in [9.17, 15) is 4.79 Å². The highest BCUT2D eigenvalue weighted by Gasteiger charge is 2.13. The van der Waals surface area contributed by atoms with Crippen LogP contribution in [-0.2, 0) is 4.74 Å². The van der Waals surface area contributed by atoms with Crippen molar-refractivity contribution in [3.63, 3.8) is 0 Å². The molecule has 0 radical (unpaired) electrons. The van der Waals surface area contributed by atoms with Gasteiger partial charge in [-0.25, -0.2) is 4.79 Å². The largest absolute Gasteiger partial charge is 0.490 e. The third-order valence-corrected chi connectivity index (χ3v) is 3.64. The molecule has 1 heterocycles. The van der Waals surface area contributed by atoms with E-state index in [1.807, 2.05) is 62.4 Å². The van der Waals surface area contributed by atoms with Crippen molar-refractivity contribution in [3.05, 3.63) is 71.4 Å². The number of benzene rings is 2. The van der Waals surface area contributed by atoms with Crippen molar-refractivity contribution >= 4 is 16.9 Å². The fourth-order valence-electron chi connectivity index (χ4n) is 2.55. The topological polar surface area (TPSA) is 48.4 Å². The maximum Gasteiger partial charge on any atom is 0.339 e. The molecule has 3 aromatic rings. The van der Waals surface area contributed by atoms with Crippen LogP contribution in [0.15, 0.2) is 54.6 Å². The molecule has 0 saturated heterocycles. The van der Waals surface area contributed by atoms with Gasteiger partial charge in [0.15, 0.2) is 0 Å². The van der Waals surface area contributed by atoms with Gasteiger partial charge in [-0.3, -0.25) is 4.98 Å². The zero-order chi connectivity index (χ0) is 16.9. The number of rotatable bonds is 5. The van der Waals surface area contributed by atoms with Crippen molar-refractivity contribution in [2.75, 3.05) is 13.2 Å². The molecule has 24 heavy (non-hydrogen) atoms. The van der Waals surface area contributed by atoms with Gasteiger partial charge in [0.05, 0.1) is 11.1 Å². The van der Waals surface area contributed by atoms with Gasteiger partial charge in [0.2, 0.25) is 0 Å². The number of hydrogen-bond donors (Lipinski definition) is 0. The van der Waals surface area contributed by atoms with Gasteiger partial charge in [0.25, 0.3) is 0 Å². The minimum absolute atomic E-state index is 0.197. The maximum atomic E-state index is 12.4. The van der Waals surface area contributed by atoms with E-state index in [2.05, 4.69) is 4.98 Å². The molecule has 0 bridgehead atoms. The molecule has 2 aromatic carbocycles. The summed E-state index contributed by atoms with van der Waals surface area (Å²) in [6, 6.07) is 17.1. The Morgan fingerprint density at radius 3 is 2.67 bits per heavy atom. The van der Waals surface area contributed by atoms with Crippen LogP contribution in [0.1, 0.15) is 21.6 Å². The quantitative estimate of drug-likeness (QED) is 0.524. The summed E-state index contributed by atoms with van der Waals surface area (Å²) in [6.45, 7) is 4.38. The van der Waals surface area contributed by atoms with Gasteiger partial charge in [0.1, 0.15) is 19.0 Å². The maximum absolute atomic E-state index is 12.4. The van der Waals surface area contributed by atoms with Crippen molar-refractivity contribution in [1.82, 2.24) is 4.98 Å². The molecule has 4 nitrogen and oxygen atoms in total. The fraction of sp³-hybridized carbons (Fsp3) is 0.200. The summed E-state index contributed by atoms with van der Waals surface area (Å²) in [5.74, 6) is 0.417. The monoisotopic (exact) mass is 321 g/mol. The van der Waals surface area contributed by atoms with E-state index in [0.29, 0.717) is 12.2 Å². The first-order valence-corrected chi connectivity index (χ1v) is 7.86. The van der Waals surface area contributed by atoms with Crippen LogP contribution in [0.25, 0.3) is 10.9 Å². The summed E-state index contributed by atoms with van der Waals surface area (Å²) < 4.78 is 10.9. The lowest BCUT2D eigenvalue weighted by Gasteiger charge is -2.10. The Morgan fingerprint density at radius 2 is 1.83 bits per heavy atom. The average molecular weight is 321 g/mol. The molecule has 0 amide bonds. The number of hydrogen-bond acceptors (Lipinski definition) is 4. The zero-order valence-electron chi connectivity index (χ0n) is 13.8. The Labute approximate surface area is 141 Å². The number of carbonyl (C=O) groups is 1. The predicted octanol–water partition coefficient (Wildman–Crippen LogP) is 4.09. The molecule has 0 fully saturated rings. The van der Waals surface area contributed by atoms with E-state index in [4.69, 9.17) is 9.47 Å². The number of esters is 1. The Balaban J connectivity index is 1.63. The smallest absolute Gasteiger partial charge is 0.339 e. The number of ether oxygens (including phenoxy) is 2. The third-order valence-electron chi connectivity index (χ3n) is 3.64. The van der Waals surface area contributed by atoms with E-state index in [1.165, 1.54) is 0 Å². The Bertz CT molecular complexity index is 874. The fourth-order valence-corrected chi connectivity index (χ4v) is 2.55. The zero-order valence-corrected chi connectivity index (χ0v) is 13.8. The van der Waals surface area contributed by atoms with Gasteiger partial charge >= 0.3 is 5.97 Å². The standard InChI is InChI=1S/C20H19NO3/c1-14-6-5-7-16(12-14)23-10-11-24-20(22)18-13-15(2)21-19-9-4-3-8-17(18)19/h3-9,12-13H,10-11H2,1-2H3. The summed E-state index contributed by atoms with van der Waals surface area (Å²) in [5, 5.41) is 0.799. The van der Waals surface area contributed by atoms with Crippen LogP contribution in [0.5, 0.6) is 5.75 Å². The molecule has 0 aliphatic rings. The number of aromatic nitrogens is 1. The molecule has 0 aliphatic heterocycles. The lowest BCUT2D eigenvalue weighted by atomic mass is 10.1. The molecule has 0 N–H and O–H groups in total. The summed E-state index contributed by atoms with van der Waals surface area (Å²) in [7, 11) is 0. The lowest BCUT2D eigenvalue weighted by molar-refractivity contribution is 0.0452. The van der Waals surface area contributed by atoms with Crippen molar-refractivity contribution in [2.45, 2.75) is 13.8 Å². The van der Waals surface area contributed by atoms with Gasteiger partial charge in [0, 0.05) is 11.1 Å². The molecule has 0 atom stereocenters. The highest BCUT2D eigenvalue weighted by atomic mass is 16.6. The van der Waals surface area contributed by atoms with Crippen molar-refractivity contribution in [1.29, 1.82) is 0 Å². The van der Waals surface area contributed by atoms with Crippen LogP contribution in [0, 0.1) is 13.8 Å². The minimum atomic E-state index is -0.357. The van der Waals surface area contributed by atoms with Crippen LogP contribution in [0.2, 0.25) is 0 Å². The Kier molecular flexibility index (Phi) is 4.75. The van der Waals surface area contributed by atoms with Gasteiger partial charge in [-0.2, -0.15) is 0 Å². The van der Waals surface area contributed by atoms with E-state index in [1.54, 1.807) is 6.07 Å². The van der Waals surface area contributed by atoms with Gasteiger partial charge < -0.3 is 9.47 Å². The molecular formula is C20H19NO3.